The first-order chi connectivity index (χ1) is 7.31. The van der Waals surface area contributed by atoms with E-state index in [-0.39, 0.29) is 17.8 Å². The molecule has 0 N–H and O–H groups in total. The molecule has 1 atom stereocenters. The Kier molecular flexibility index (Phi) is 2.91. The molecule has 0 aliphatic carbocycles. The molecule has 0 spiro atoms. The fourth-order valence-corrected chi connectivity index (χ4v) is 1.93. The van der Waals surface area contributed by atoms with Crippen molar-refractivity contribution in [2.45, 2.75) is 6.04 Å². The lowest BCUT2D eigenvalue weighted by Crippen LogP contribution is -2.26. The molecule has 78 valence electrons. The molecule has 2 heterocycles. The highest BCUT2D eigenvalue weighted by atomic mass is 32.2. The van der Waals surface area contributed by atoms with Crippen LogP contribution in [0, 0.1) is 0 Å². The van der Waals surface area contributed by atoms with Gasteiger partial charge in [-0.05, 0) is 0 Å². The average Bonchev–Trinajstić information content (AvgIpc) is 2.74. The third-order valence-electron chi connectivity index (χ3n) is 1.82. The zero-order valence-electron chi connectivity index (χ0n) is 7.95. The molecule has 6 nitrogen and oxygen atoms in total. The number of carbonyl (C=O) groups excluding carboxylic acids is 1. The molecule has 0 aromatic carbocycles. The minimum Gasteiger partial charge on any atom is -0.468 e. The maximum Gasteiger partial charge on any atom is 0.316 e. The average molecular weight is 224 g/mol. The number of fused-ring (bicyclic) bond motifs is 1. The molecule has 0 bridgehead atoms. The Morgan fingerprint density at radius 2 is 2.40 bits per heavy atom. The smallest absolute Gasteiger partial charge is 0.316 e. The summed E-state index contributed by atoms with van der Waals surface area (Å²) in [6, 6.07) is -0.232. The van der Waals surface area contributed by atoms with Crippen molar-refractivity contribution in [1.29, 1.82) is 0 Å². The van der Waals surface area contributed by atoms with Gasteiger partial charge in [0.2, 0.25) is 0 Å². The highest BCUT2D eigenvalue weighted by molar-refractivity contribution is 8.14. The molecule has 0 aromatic heterocycles. The Balaban J connectivity index is 2.00. The predicted octanol–water partition coefficient (Wildman–Crippen LogP) is 0.142. The molecule has 15 heavy (non-hydrogen) atoms. The van der Waals surface area contributed by atoms with Gasteiger partial charge >= 0.3 is 5.97 Å². The summed E-state index contributed by atoms with van der Waals surface area (Å²) < 4.78 is 4.54. The Labute approximate surface area is 90.3 Å². The number of hydrogen-bond acceptors (Lipinski definition) is 7. The summed E-state index contributed by atoms with van der Waals surface area (Å²) in [6.45, 7) is 0. The lowest BCUT2D eigenvalue weighted by molar-refractivity contribution is -0.137. The van der Waals surface area contributed by atoms with Crippen molar-refractivity contribution >= 4 is 41.3 Å². The zero-order valence-corrected chi connectivity index (χ0v) is 8.77. The summed E-state index contributed by atoms with van der Waals surface area (Å²) in [5.74, 6) is 0.561. The number of methoxy groups -OCH3 is 1. The highest BCUT2D eigenvalue weighted by Gasteiger charge is 2.26. The molecule has 7 heteroatoms. The Morgan fingerprint density at radius 3 is 3.20 bits per heavy atom. The molecular formula is C8H8N4O2S. The number of aliphatic imine (C=N–C) groups is 4. The standard InChI is InChI=1S/C8H8N4O2S/c1-14-5(13)2-15-8-6-7(10-3-9-6)11-4-12-8/h3-4,6H,2H2,1H3. The molecule has 2 aliphatic heterocycles. The second kappa shape index (κ2) is 4.35. The molecule has 2 rings (SSSR count). The van der Waals surface area contributed by atoms with Crippen LogP contribution >= 0.6 is 11.8 Å². The Bertz CT molecular complexity index is 399. The first kappa shape index (κ1) is 10.0. The maximum absolute atomic E-state index is 10.9. The van der Waals surface area contributed by atoms with E-state index in [1.54, 1.807) is 0 Å². The quantitative estimate of drug-likeness (QED) is 0.626. The fourth-order valence-electron chi connectivity index (χ4n) is 1.10. The number of ether oxygens (including phenoxy) is 1. The predicted molar refractivity (Wildman–Crippen MR) is 60.1 cm³/mol. The third-order valence-corrected chi connectivity index (χ3v) is 2.83. The second-order valence-electron chi connectivity index (χ2n) is 2.73. The summed E-state index contributed by atoms with van der Waals surface area (Å²) in [5, 5.41) is 0.725. The van der Waals surface area contributed by atoms with Gasteiger partial charge in [-0.15, -0.1) is 0 Å². The number of carbonyl (C=O) groups is 1. The molecule has 0 amide bonds. The van der Waals surface area contributed by atoms with Crippen molar-refractivity contribution in [3.05, 3.63) is 0 Å². The number of rotatable bonds is 2. The molecule has 0 saturated heterocycles. The minimum absolute atomic E-state index is 0.225. The molecule has 1 unspecified atom stereocenters. The van der Waals surface area contributed by atoms with Crippen LogP contribution in [-0.2, 0) is 9.53 Å². The van der Waals surface area contributed by atoms with Crippen molar-refractivity contribution in [2.24, 2.45) is 20.0 Å². The second-order valence-corrected chi connectivity index (χ2v) is 3.73. The summed E-state index contributed by atoms with van der Waals surface area (Å²) in [4.78, 5) is 27.1. The van der Waals surface area contributed by atoms with Crippen molar-refractivity contribution in [2.75, 3.05) is 12.9 Å². The van der Waals surface area contributed by atoms with Crippen LogP contribution in [-0.4, -0.2) is 48.4 Å². The maximum atomic E-state index is 10.9. The van der Waals surface area contributed by atoms with E-state index in [1.807, 2.05) is 0 Å². The van der Waals surface area contributed by atoms with Gasteiger partial charge in [0.15, 0.2) is 11.9 Å². The first-order valence-corrected chi connectivity index (χ1v) is 5.19. The van der Waals surface area contributed by atoms with Crippen LogP contribution in [0.2, 0.25) is 0 Å². The van der Waals surface area contributed by atoms with Gasteiger partial charge in [0.25, 0.3) is 0 Å². The highest BCUT2D eigenvalue weighted by Crippen LogP contribution is 2.17. The number of thioether (sulfide) groups is 1. The van der Waals surface area contributed by atoms with Crippen LogP contribution in [0.15, 0.2) is 20.0 Å². The van der Waals surface area contributed by atoms with Gasteiger partial charge in [-0.1, -0.05) is 11.8 Å². The van der Waals surface area contributed by atoms with Crippen molar-refractivity contribution in [3.63, 3.8) is 0 Å². The zero-order chi connectivity index (χ0) is 10.7. The normalized spacial score (nSPS) is 22.1. The largest absolute Gasteiger partial charge is 0.468 e. The molecule has 0 fully saturated rings. The monoisotopic (exact) mass is 224 g/mol. The topological polar surface area (TPSA) is 75.7 Å². The van der Waals surface area contributed by atoms with Crippen LogP contribution in [0.3, 0.4) is 0 Å². The number of amidine groups is 1. The Hall–Kier alpha value is -1.50. The van der Waals surface area contributed by atoms with Crippen molar-refractivity contribution in [3.8, 4) is 0 Å². The van der Waals surface area contributed by atoms with Crippen LogP contribution in [0.4, 0.5) is 0 Å². The van der Waals surface area contributed by atoms with E-state index in [1.165, 1.54) is 31.5 Å². The van der Waals surface area contributed by atoms with E-state index in [2.05, 4.69) is 24.7 Å². The molecule has 0 radical (unpaired) electrons. The lowest BCUT2D eigenvalue weighted by Gasteiger charge is -2.12. The first-order valence-electron chi connectivity index (χ1n) is 4.20. The van der Waals surface area contributed by atoms with Gasteiger partial charge in [0.05, 0.1) is 12.9 Å². The summed E-state index contributed by atoms with van der Waals surface area (Å²) in [6.07, 6.45) is 2.88. The van der Waals surface area contributed by atoms with E-state index in [4.69, 9.17) is 0 Å². The van der Waals surface area contributed by atoms with Crippen LogP contribution in [0.5, 0.6) is 0 Å². The van der Waals surface area contributed by atoms with E-state index in [0.717, 1.165) is 5.04 Å². The van der Waals surface area contributed by atoms with Crippen LogP contribution in [0.1, 0.15) is 0 Å². The van der Waals surface area contributed by atoms with Gasteiger partial charge in [0.1, 0.15) is 17.7 Å². The fraction of sp³-hybridized carbons (Fsp3) is 0.375. The van der Waals surface area contributed by atoms with Gasteiger partial charge in [-0.25, -0.2) is 15.0 Å². The number of hydrogen-bond donors (Lipinski definition) is 0. The van der Waals surface area contributed by atoms with Crippen molar-refractivity contribution in [1.82, 2.24) is 0 Å². The SMILES string of the molecule is COC(=O)CSC1=NC=NC2=NC=NC21. The lowest BCUT2D eigenvalue weighted by atomic mass is 10.3. The van der Waals surface area contributed by atoms with Gasteiger partial charge in [0, 0.05) is 0 Å². The minimum atomic E-state index is -0.286. The molecule has 0 aromatic rings. The van der Waals surface area contributed by atoms with E-state index < -0.39 is 0 Å². The molecule has 0 saturated carbocycles. The van der Waals surface area contributed by atoms with Gasteiger partial charge < -0.3 is 4.74 Å². The van der Waals surface area contributed by atoms with Gasteiger partial charge in [-0.2, -0.15) is 0 Å². The van der Waals surface area contributed by atoms with E-state index >= 15 is 0 Å². The van der Waals surface area contributed by atoms with Crippen LogP contribution in [0.25, 0.3) is 0 Å². The Morgan fingerprint density at radius 1 is 1.53 bits per heavy atom. The van der Waals surface area contributed by atoms with Gasteiger partial charge in [-0.3, -0.25) is 9.79 Å². The van der Waals surface area contributed by atoms with E-state index in [9.17, 15) is 4.79 Å². The molecule has 2 aliphatic rings. The van der Waals surface area contributed by atoms with Crippen molar-refractivity contribution < 1.29 is 9.53 Å². The van der Waals surface area contributed by atoms with Crippen LogP contribution < -0.4 is 0 Å². The number of nitrogens with zero attached hydrogens (tertiary/aromatic N) is 4. The molecular weight excluding hydrogens is 216 g/mol. The number of esters is 1. The summed E-state index contributed by atoms with van der Waals surface area (Å²) in [5.41, 5.74) is 0. The summed E-state index contributed by atoms with van der Waals surface area (Å²) >= 11 is 1.30. The summed E-state index contributed by atoms with van der Waals surface area (Å²) in [7, 11) is 1.35. The third kappa shape index (κ3) is 2.12. The van der Waals surface area contributed by atoms with E-state index in [0.29, 0.717) is 5.84 Å².